The van der Waals surface area contributed by atoms with Crippen LogP contribution in [0, 0.1) is 13.8 Å². The molecule has 0 radical (unpaired) electrons. The molecule has 1 rings (SSSR count). The van der Waals surface area contributed by atoms with E-state index < -0.39 is 0 Å². The molecule has 0 bridgehead atoms. The normalized spacial score (nSPS) is 11.6. The Bertz CT molecular complexity index is 371. The molecular weight excluding hydrogens is 174 g/mol. The number of nitrogens with zero attached hydrogens (tertiary/aromatic N) is 1. The highest BCUT2D eigenvalue weighted by Crippen LogP contribution is 2.23. The van der Waals surface area contributed by atoms with Crippen molar-refractivity contribution in [3.63, 3.8) is 0 Å². The van der Waals surface area contributed by atoms with Gasteiger partial charge in [0.25, 0.3) is 0 Å². The van der Waals surface area contributed by atoms with Gasteiger partial charge in [0, 0.05) is 6.92 Å². The molecule has 0 unspecified atom stereocenters. The summed E-state index contributed by atoms with van der Waals surface area (Å²) in [6.07, 6.45) is 0. The van der Waals surface area contributed by atoms with Gasteiger partial charge in [-0.15, -0.1) is 0 Å². The van der Waals surface area contributed by atoms with Gasteiger partial charge in [0.05, 0.1) is 11.4 Å². The number of carbonyl (C=O) groups is 1. The Morgan fingerprint density at radius 2 is 1.64 bits per heavy atom. The highest BCUT2D eigenvalue weighted by molar-refractivity contribution is 6.38. The van der Waals surface area contributed by atoms with Gasteiger partial charge in [-0.25, -0.2) is 4.99 Å². The average molecular weight is 189 g/mol. The number of ketones is 1. The van der Waals surface area contributed by atoms with Crippen molar-refractivity contribution in [1.82, 2.24) is 0 Å². The Hall–Kier alpha value is -1.44. The molecule has 0 atom stereocenters. The molecule has 0 aromatic heterocycles. The summed E-state index contributed by atoms with van der Waals surface area (Å²) in [5, 5.41) is 0. The summed E-state index contributed by atoms with van der Waals surface area (Å²) in [6, 6.07) is 5.99. The fraction of sp³-hybridized carbons (Fsp3) is 0.333. The van der Waals surface area contributed by atoms with Crippen molar-refractivity contribution in [1.29, 1.82) is 0 Å². The maximum atomic E-state index is 11.0. The average Bonchev–Trinajstić information content (AvgIpc) is 2.11. The molecule has 0 saturated heterocycles. The molecule has 1 aromatic carbocycles. The van der Waals surface area contributed by atoms with Crippen LogP contribution in [0.4, 0.5) is 5.69 Å². The number of aryl methyl sites for hydroxylation is 2. The van der Waals surface area contributed by atoms with Crippen LogP contribution in [0.3, 0.4) is 0 Å². The molecule has 0 N–H and O–H groups in total. The van der Waals surface area contributed by atoms with Crippen LogP contribution in [0.2, 0.25) is 0 Å². The monoisotopic (exact) mass is 189 g/mol. The van der Waals surface area contributed by atoms with Gasteiger partial charge in [-0.3, -0.25) is 4.79 Å². The zero-order valence-electron chi connectivity index (χ0n) is 9.09. The van der Waals surface area contributed by atoms with Gasteiger partial charge < -0.3 is 0 Å². The standard InChI is InChI=1S/C12H15NO/c1-8-6-5-7-9(2)12(8)13-10(3)11(4)14/h5-7H,1-4H3. The lowest BCUT2D eigenvalue weighted by molar-refractivity contribution is -0.111. The summed E-state index contributed by atoms with van der Waals surface area (Å²) >= 11 is 0. The number of hydrogen-bond donors (Lipinski definition) is 0. The van der Waals surface area contributed by atoms with E-state index in [-0.39, 0.29) is 5.78 Å². The maximum Gasteiger partial charge on any atom is 0.173 e. The van der Waals surface area contributed by atoms with E-state index in [2.05, 4.69) is 4.99 Å². The third-order valence-electron chi connectivity index (χ3n) is 2.23. The van der Waals surface area contributed by atoms with Crippen LogP contribution in [-0.2, 0) is 4.79 Å². The summed E-state index contributed by atoms with van der Waals surface area (Å²) in [6.45, 7) is 7.28. The van der Waals surface area contributed by atoms with Crippen molar-refractivity contribution in [3.05, 3.63) is 29.3 Å². The van der Waals surface area contributed by atoms with E-state index in [1.165, 1.54) is 6.92 Å². The SMILES string of the molecule is CC(=O)C(C)=Nc1c(C)cccc1C. The van der Waals surface area contributed by atoms with Crippen LogP contribution < -0.4 is 0 Å². The van der Waals surface area contributed by atoms with Gasteiger partial charge in [0.2, 0.25) is 0 Å². The quantitative estimate of drug-likeness (QED) is 0.657. The van der Waals surface area contributed by atoms with Crippen molar-refractivity contribution >= 4 is 17.2 Å². The van der Waals surface area contributed by atoms with Crippen LogP contribution in [0.15, 0.2) is 23.2 Å². The molecular formula is C12H15NO. The van der Waals surface area contributed by atoms with Crippen LogP contribution in [-0.4, -0.2) is 11.5 Å². The number of aliphatic imine (C=N–C) groups is 1. The molecule has 0 spiro atoms. The second kappa shape index (κ2) is 4.18. The molecule has 0 amide bonds. The smallest absolute Gasteiger partial charge is 0.173 e. The van der Waals surface area contributed by atoms with E-state index in [0.717, 1.165) is 16.8 Å². The number of para-hydroxylation sites is 1. The maximum absolute atomic E-state index is 11.0. The van der Waals surface area contributed by atoms with Crippen molar-refractivity contribution in [3.8, 4) is 0 Å². The molecule has 2 nitrogen and oxygen atoms in total. The molecule has 2 heteroatoms. The highest BCUT2D eigenvalue weighted by atomic mass is 16.1. The third kappa shape index (κ3) is 2.28. The van der Waals surface area contributed by atoms with Gasteiger partial charge in [0.15, 0.2) is 5.78 Å². The van der Waals surface area contributed by atoms with Gasteiger partial charge >= 0.3 is 0 Å². The van der Waals surface area contributed by atoms with Crippen LogP contribution in [0.1, 0.15) is 25.0 Å². The Kier molecular flexibility index (Phi) is 3.18. The zero-order chi connectivity index (χ0) is 10.7. The lowest BCUT2D eigenvalue weighted by Gasteiger charge is -2.04. The number of carbonyl (C=O) groups excluding carboxylic acids is 1. The Morgan fingerprint density at radius 3 is 2.07 bits per heavy atom. The number of benzene rings is 1. The summed E-state index contributed by atoms with van der Waals surface area (Å²) in [7, 11) is 0. The largest absolute Gasteiger partial charge is 0.293 e. The van der Waals surface area contributed by atoms with Crippen molar-refractivity contribution in [2.24, 2.45) is 4.99 Å². The second-order valence-corrected chi connectivity index (χ2v) is 3.49. The first kappa shape index (κ1) is 10.6. The predicted molar refractivity (Wildman–Crippen MR) is 59.4 cm³/mol. The first-order valence-corrected chi connectivity index (χ1v) is 4.65. The number of rotatable bonds is 2. The lowest BCUT2D eigenvalue weighted by Crippen LogP contribution is -2.03. The topological polar surface area (TPSA) is 29.4 Å². The summed E-state index contributed by atoms with van der Waals surface area (Å²) in [5.74, 6) is 0.0210. The summed E-state index contributed by atoms with van der Waals surface area (Å²) in [4.78, 5) is 15.4. The summed E-state index contributed by atoms with van der Waals surface area (Å²) in [5.41, 5.74) is 3.68. The predicted octanol–water partition coefficient (Wildman–Crippen LogP) is 2.98. The molecule has 1 aromatic rings. The molecule has 0 aliphatic rings. The van der Waals surface area contributed by atoms with Crippen molar-refractivity contribution in [2.75, 3.05) is 0 Å². The molecule has 14 heavy (non-hydrogen) atoms. The van der Waals surface area contributed by atoms with Gasteiger partial charge in [-0.05, 0) is 31.9 Å². The van der Waals surface area contributed by atoms with Crippen LogP contribution in [0.5, 0.6) is 0 Å². The van der Waals surface area contributed by atoms with E-state index in [1.54, 1.807) is 6.92 Å². The Labute approximate surface area is 84.7 Å². The molecule has 0 aliphatic carbocycles. The van der Waals surface area contributed by atoms with Crippen LogP contribution >= 0.6 is 0 Å². The highest BCUT2D eigenvalue weighted by Gasteiger charge is 2.03. The van der Waals surface area contributed by atoms with E-state index in [1.807, 2.05) is 32.0 Å². The molecule has 0 aliphatic heterocycles. The minimum Gasteiger partial charge on any atom is -0.293 e. The zero-order valence-corrected chi connectivity index (χ0v) is 9.09. The van der Waals surface area contributed by atoms with E-state index in [4.69, 9.17) is 0 Å². The Balaban J connectivity index is 3.20. The molecule has 74 valence electrons. The van der Waals surface area contributed by atoms with Gasteiger partial charge in [-0.2, -0.15) is 0 Å². The number of Topliss-reactive ketones (excluding diaryl/α,β-unsaturated/α-hetero) is 1. The fourth-order valence-corrected chi connectivity index (χ4v) is 1.23. The summed E-state index contributed by atoms with van der Waals surface area (Å²) < 4.78 is 0. The second-order valence-electron chi connectivity index (χ2n) is 3.49. The van der Waals surface area contributed by atoms with Crippen molar-refractivity contribution in [2.45, 2.75) is 27.7 Å². The van der Waals surface area contributed by atoms with E-state index >= 15 is 0 Å². The van der Waals surface area contributed by atoms with Gasteiger partial charge in [0.1, 0.15) is 0 Å². The number of hydrogen-bond acceptors (Lipinski definition) is 2. The fourth-order valence-electron chi connectivity index (χ4n) is 1.23. The first-order valence-electron chi connectivity index (χ1n) is 4.65. The first-order chi connectivity index (χ1) is 6.52. The van der Waals surface area contributed by atoms with E-state index in [9.17, 15) is 4.79 Å². The third-order valence-corrected chi connectivity index (χ3v) is 2.23. The molecule has 0 saturated carbocycles. The lowest BCUT2D eigenvalue weighted by atomic mass is 10.1. The molecule has 0 fully saturated rings. The Morgan fingerprint density at radius 1 is 1.14 bits per heavy atom. The van der Waals surface area contributed by atoms with Crippen LogP contribution in [0.25, 0.3) is 0 Å². The minimum atomic E-state index is 0.0210. The minimum absolute atomic E-state index is 0.0210. The van der Waals surface area contributed by atoms with E-state index in [0.29, 0.717) is 5.71 Å². The van der Waals surface area contributed by atoms with Crippen molar-refractivity contribution < 1.29 is 4.79 Å². The van der Waals surface area contributed by atoms with Gasteiger partial charge in [-0.1, -0.05) is 18.2 Å². The molecule has 0 heterocycles.